The molecule has 2 N–H and O–H groups in total. The highest BCUT2D eigenvalue weighted by Crippen LogP contribution is 2.44. The van der Waals surface area contributed by atoms with Crippen LogP contribution in [0.25, 0.3) is 11.1 Å². The van der Waals surface area contributed by atoms with Crippen molar-refractivity contribution in [1.29, 1.82) is 0 Å². The van der Waals surface area contributed by atoms with Crippen molar-refractivity contribution in [1.82, 2.24) is 0 Å². The Morgan fingerprint density at radius 3 is 2.11 bits per heavy atom. The van der Waals surface area contributed by atoms with Crippen molar-refractivity contribution in [2.24, 2.45) is 10.2 Å². The fraction of sp³-hybridized carbons (Fsp3) is 0.161. The Morgan fingerprint density at radius 1 is 0.816 bits per heavy atom. The molecule has 0 atom stereocenters. The van der Waals surface area contributed by atoms with Gasteiger partial charge in [-0.25, -0.2) is 4.79 Å². The second-order valence-electron chi connectivity index (χ2n) is 9.14. The number of rotatable bonds is 9. The lowest BCUT2D eigenvalue weighted by Gasteiger charge is -2.14. The van der Waals surface area contributed by atoms with Gasteiger partial charge in [0, 0.05) is 12.3 Å². The summed E-state index contributed by atoms with van der Waals surface area (Å²) < 4.78 is 5.67. The molecule has 0 unspecified atom stereocenters. The number of fused-ring (bicyclic) bond motifs is 3. The Hall–Kier alpha value is -4.78. The number of aryl methyl sites for hydroxylation is 1. The molecule has 0 spiro atoms. The number of carboxylic acids is 1. The number of carboxylic acid groups (broad SMARTS) is 1. The maximum absolute atomic E-state index is 12.5. The number of aromatic hydroxyl groups is 1. The number of azo groups is 1. The fourth-order valence-electron chi connectivity index (χ4n) is 4.72. The first kappa shape index (κ1) is 24.9. The third-order valence-electron chi connectivity index (χ3n) is 6.65. The van der Waals surface area contributed by atoms with E-state index in [-0.39, 0.29) is 29.6 Å². The number of ether oxygens (including phenoxy) is 1. The minimum absolute atomic E-state index is 0.0189. The minimum atomic E-state index is -1.01. The van der Waals surface area contributed by atoms with Gasteiger partial charge in [0.25, 0.3) is 0 Å². The molecule has 7 heteroatoms. The fourth-order valence-corrected chi connectivity index (χ4v) is 4.72. The van der Waals surface area contributed by atoms with Crippen LogP contribution in [0.15, 0.2) is 101 Å². The van der Waals surface area contributed by atoms with Gasteiger partial charge >= 0.3 is 11.9 Å². The molecular formula is C31H26N2O5. The van der Waals surface area contributed by atoms with Crippen molar-refractivity contribution in [2.45, 2.75) is 25.2 Å². The molecule has 0 aromatic heterocycles. The van der Waals surface area contributed by atoms with Crippen LogP contribution in [0.1, 0.15) is 45.8 Å². The molecule has 0 saturated heterocycles. The van der Waals surface area contributed by atoms with Gasteiger partial charge in [0.15, 0.2) is 0 Å². The van der Waals surface area contributed by atoms with E-state index in [1.807, 2.05) is 30.3 Å². The smallest absolute Gasteiger partial charge is 0.335 e. The van der Waals surface area contributed by atoms with Crippen molar-refractivity contribution >= 4 is 23.3 Å². The van der Waals surface area contributed by atoms with E-state index in [1.165, 1.54) is 34.4 Å². The predicted molar refractivity (Wildman–Crippen MR) is 143 cm³/mol. The van der Waals surface area contributed by atoms with E-state index in [1.54, 1.807) is 24.3 Å². The minimum Gasteiger partial charge on any atom is -0.506 e. The van der Waals surface area contributed by atoms with Crippen molar-refractivity contribution < 1.29 is 24.5 Å². The van der Waals surface area contributed by atoms with Crippen molar-refractivity contribution in [2.75, 3.05) is 6.61 Å². The predicted octanol–water partition coefficient (Wildman–Crippen LogP) is 7.18. The maximum atomic E-state index is 12.5. The largest absolute Gasteiger partial charge is 0.506 e. The third kappa shape index (κ3) is 5.47. The van der Waals surface area contributed by atoms with Gasteiger partial charge in [-0.3, -0.25) is 4.79 Å². The number of hydrogen-bond donors (Lipinski definition) is 2. The first-order valence-electron chi connectivity index (χ1n) is 12.4. The first-order valence-corrected chi connectivity index (χ1v) is 12.4. The van der Waals surface area contributed by atoms with E-state index in [0.29, 0.717) is 30.8 Å². The van der Waals surface area contributed by atoms with Crippen LogP contribution in [0.3, 0.4) is 0 Å². The molecule has 38 heavy (non-hydrogen) atoms. The summed E-state index contributed by atoms with van der Waals surface area (Å²) in [6.07, 6.45) is 1.48. The average Bonchev–Trinajstić information content (AvgIpc) is 3.25. The van der Waals surface area contributed by atoms with Crippen LogP contribution in [-0.2, 0) is 16.0 Å². The van der Waals surface area contributed by atoms with Crippen LogP contribution in [0.4, 0.5) is 11.4 Å². The Bertz CT molecular complexity index is 1470. The molecule has 4 aromatic carbocycles. The molecule has 0 amide bonds. The SMILES string of the molecule is O=C(CCCc1ccc(N=Nc2ccc(C(=O)O)cc2)c(O)c1)OCC1c2ccccc2-c2ccccc21. The number of phenols is 1. The highest BCUT2D eigenvalue weighted by atomic mass is 16.5. The summed E-state index contributed by atoms with van der Waals surface area (Å²) in [6, 6.07) is 27.6. The average molecular weight is 507 g/mol. The first-order chi connectivity index (χ1) is 18.5. The molecular weight excluding hydrogens is 480 g/mol. The lowest BCUT2D eigenvalue weighted by atomic mass is 9.98. The topological polar surface area (TPSA) is 109 Å². The summed E-state index contributed by atoms with van der Waals surface area (Å²) in [5, 5.41) is 27.4. The number of aromatic carboxylic acids is 1. The van der Waals surface area contributed by atoms with Crippen LogP contribution >= 0.6 is 0 Å². The zero-order valence-corrected chi connectivity index (χ0v) is 20.6. The summed E-state index contributed by atoms with van der Waals surface area (Å²) in [6.45, 7) is 0.312. The van der Waals surface area contributed by atoms with Gasteiger partial charge < -0.3 is 14.9 Å². The van der Waals surface area contributed by atoms with Crippen LogP contribution < -0.4 is 0 Å². The van der Waals surface area contributed by atoms with Gasteiger partial charge in [-0.15, -0.1) is 5.11 Å². The van der Waals surface area contributed by atoms with E-state index >= 15 is 0 Å². The zero-order valence-electron chi connectivity index (χ0n) is 20.6. The number of carbonyl (C=O) groups is 2. The number of nitrogens with zero attached hydrogens (tertiary/aromatic N) is 2. The summed E-state index contributed by atoms with van der Waals surface area (Å²) in [4.78, 5) is 23.4. The number of carbonyl (C=O) groups excluding carboxylic acids is 1. The molecule has 0 bridgehead atoms. The normalized spacial score (nSPS) is 12.3. The van der Waals surface area contributed by atoms with Crippen molar-refractivity contribution in [3.63, 3.8) is 0 Å². The highest BCUT2D eigenvalue weighted by Gasteiger charge is 2.28. The summed E-state index contributed by atoms with van der Waals surface area (Å²) in [7, 11) is 0. The van der Waals surface area contributed by atoms with Crippen LogP contribution in [0.5, 0.6) is 5.75 Å². The number of hydrogen-bond acceptors (Lipinski definition) is 6. The Balaban J connectivity index is 1.12. The maximum Gasteiger partial charge on any atom is 0.335 e. The van der Waals surface area contributed by atoms with Crippen molar-refractivity contribution in [3.05, 3.63) is 113 Å². The van der Waals surface area contributed by atoms with E-state index < -0.39 is 5.97 Å². The summed E-state index contributed by atoms with van der Waals surface area (Å²) in [5.41, 5.74) is 6.58. The zero-order chi connectivity index (χ0) is 26.5. The van der Waals surface area contributed by atoms with Crippen LogP contribution in [-0.4, -0.2) is 28.8 Å². The van der Waals surface area contributed by atoms with E-state index in [4.69, 9.17) is 9.84 Å². The number of esters is 1. The molecule has 0 heterocycles. The molecule has 0 radical (unpaired) electrons. The Kier molecular flexibility index (Phi) is 7.26. The van der Waals surface area contributed by atoms with Crippen LogP contribution in [0.2, 0.25) is 0 Å². The van der Waals surface area contributed by atoms with Crippen LogP contribution in [0, 0.1) is 0 Å². The summed E-state index contributed by atoms with van der Waals surface area (Å²) >= 11 is 0. The van der Waals surface area contributed by atoms with Gasteiger partial charge in [0.1, 0.15) is 18.0 Å². The van der Waals surface area contributed by atoms with Gasteiger partial charge in [-0.05, 0) is 77.1 Å². The Morgan fingerprint density at radius 2 is 1.47 bits per heavy atom. The molecule has 7 nitrogen and oxygen atoms in total. The van der Waals surface area contributed by atoms with Gasteiger partial charge in [-0.1, -0.05) is 54.6 Å². The van der Waals surface area contributed by atoms with Gasteiger partial charge in [0.2, 0.25) is 0 Å². The standard InChI is InChI=1S/C31H26N2O5/c34-29-18-20(12-17-28(29)33-32-22-15-13-21(14-16-22)31(36)37)6-5-11-30(35)38-19-27-25-9-3-1-7-23(25)24-8-2-4-10-26(24)27/h1-4,7-10,12-18,27,34H,5-6,11,19H2,(H,36,37). The highest BCUT2D eigenvalue weighted by molar-refractivity contribution is 5.87. The van der Waals surface area contributed by atoms with Crippen molar-refractivity contribution in [3.8, 4) is 16.9 Å². The second kappa shape index (κ2) is 11.1. The van der Waals surface area contributed by atoms with Gasteiger partial charge in [-0.2, -0.15) is 5.11 Å². The molecule has 5 rings (SSSR count). The lowest BCUT2D eigenvalue weighted by molar-refractivity contribution is -0.144. The quantitative estimate of drug-likeness (QED) is 0.185. The molecule has 0 aliphatic heterocycles. The van der Waals surface area contributed by atoms with E-state index in [0.717, 1.165) is 5.56 Å². The summed E-state index contributed by atoms with van der Waals surface area (Å²) in [5.74, 6) is -1.23. The van der Waals surface area contributed by atoms with E-state index in [2.05, 4.69) is 34.5 Å². The third-order valence-corrected chi connectivity index (χ3v) is 6.65. The van der Waals surface area contributed by atoms with Gasteiger partial charge in [0.05, 0.1) is 11.3 Å². The Labute approximate surface area is 220 Å². The number of benzene rings is 4. The molecule has 1 aliphatic carbocycles. The molecule has 0 saturated carbocycles. The monoisotopic (exact) mass is 506 g/mol. The number of phenolic OH excluding ortho intramolecular Hbond substituents is 1. The second-order valence-corrected chi connectivity index (χ2v) is 9.14. The van der Waals surface area contributed by atoms with E-state index in [9.17, 15) is 14.7 Å². The lowest BCUT2D eigenvalue weighted by Crippen LogP contribution is -2.12. The molecule has 4 aromatic rings. The molecule has 190 valence electrons. The molecule has 0 fully saturated rings. The molecule has 1 aliphatic rings.